The number of aromatic nitrogens is 1. The van der Waals surface area contributed by atoms with E-state index in [1.807, 2.05) is 19.1 Å². The molecule has 0 aliphatic heterocycles. The van der Waals surface area contributed by atoms with Gasteiger partial charge in [0, 0.05) is 32.9 Å². The van der Waals surface area contributed by atoms with Crippen molar-refractivity contribution in [2.45, 2.75) is 45.3 Å². The molecule has 138 valence electrons. The molecule has 0 unspecified atom stereocenters. The number of carbonyl (C=O) groups is 1. The van der Waals surface area contributed by atoms with Crippen LogP contribution in [0.2, 0.25) is 0 Å². The fraction of sp³-hybridized carbons (Fsp3) is 0.611. The standard InChI is InChI=1S/C18H29N5O2/c1-4-19-18(22-13-17(24)23(2)3)21-12-14-9-10-16(20-11-14)25-15-7-5-6-8-15/h9-11,15H,4-8,12-13H2,1-3H3,(H2,19,21,22). The molecule has 2 rings (SSSR count). The van der Waals surface area contributed by atoms with E-state index >= 15 is 0 Å². The lowest BCUT2D eigenvalue weighted by molar-refractivity contribution is -0.127. The molecule has 0 bridgehead atoms. The van der Waals surface area contributed by atoms with E-state index in [1.54, 1.807) is 25.2 Å². The van der Waals surface area contributed by atoms with Crippen molar-refractivity contribution in [3.05, 3.63) is 23.9 Å². The van der Waals surface area contributed by atoms with Crippen molar-refractivity contribution < 1.29 is 9.53 Å². The third-order valence-corrected chi connectivity index (χ3v) is 4.06. The zero-order valence-electron chi connectivity index (χ0n) is 15.4. The van der Waals surface area contributed by atoms with Crippen LogP contribution in [0.5, 0.6) is 5.88 Å². The van der Waals surface area contributed by atoms with Crippen LogP contribution in [0.4, 0.5) is 0 Å². The van der Waals surface area contributed by atoms with E-state index in [4.69, 9.17) is 4.74 Å². The maximum Gasteiger partial charge on any atom is 0.241 e. The molecule has 1 heterocycles. The van der Waals surface area contributed by atoms with Crippen LogP contribution in [0.1, 0.15) is 38.2 Å². The first kappa shape index (κ1) is 19.0. The molecule has 0 spiro atoms. The van der Waals surface area contributed by atoms with Gasteiger partial charge in [-0.25, -0.2) is 9.98 Å². The Morgan fingerprint density at radius 3 is 2.68 bits per heavy atom. The minimum absolute atomic E-state index is 0.000633. The number of nitrogens with one attached hydrogen (secondary N) is 2. The molecule has 7 nitrogen and oxygen atoms in total. The number of rotatable bonds is 7. The first-order valence-corrected chi connectivity index (χ1v) is 8.92. The Labute approximate surface area is 149 Å². The topological polar surface area (TPSA) is 78.9 Å². The molecule has 2 N–H and O–H groups in total. The highest BCUT2D eigenvalue weighted by atomic mass is 16.5. The fourth-order valence-corrected chi connectivity index (χ4v) is 2.58. The summed E-state index contributed by atoms with van der Waals surface area (Å²) in [6.45, 7) is 3.42. The lowest BCUT2D eigenvalue weighted by Gasteiger charge is -2.14. The quantitative estimate of drug-likeness (QED) is 0.578. The van der Waals surface area contributed by atoms with Gasteiger partial charge in [0.05, 0.1) is 13.1 Å². The molecular weight excluding hydrogens is 318 g/mol. The lowest BCUT2D eigenvalue weighted by atomic mass is 10.3. The first-order chi connectivity index (χ1) is 12.1. The van der Waals surface area contributed by atoms with Gasteiger partial charge in [0.2, 0.25) is 11.8 Å². The van der Waals surface area contributed by atoms with E-state index < -0.39 is 0 Å². The van der Waals surface area contributed by atoms with Crippen LogP contribution >= 0.6 is 0 Å². The highest BCUT2D eigenvalue weighted by molar-refractivity contribution is 5.86. The summed E-state index contributed by atoms with van der Waals surface area (Å²) in [6.07, 6.45) is 6.84. The molecule has 1 aliphatic rings. The molecule has 1 fully saturated rings. The third kappa shape index (κ3) is 6.60. The van der Waals surface area contributed by atoms with E-state index in [-0.39, 0.29) is 12.5 Å². The van der Waals surface area contributed by atoms with Gasteiger partial charge in [0.15, 0.2) is 5.96 Å². The molecule has 0 aromatic carbocycles. The van der Waals surface area contributed by atoms with Gasteiger partial charge in [0.25, 0.3) is 0 Å². The molecule has 1 saturated carbocycles. The summed E-state index contributed by atoms with van der Waals surface area (Å²) < 4.78 is 5.87. The van der Waals surface area contributed by atoms with Crippen molar-refractivity contribution in [3.63, 3.8) is 0 Å². The van der Waals surface area contributed by atoms with E-state index in [9.17, 15) is 4.79 Å². The van der Waals surface area contributed by atoms with Gasteiger partial charge in [-0.05, 0) is 38.2 Å². The Morgan fingerprint density at radius 1 is 1.32 bits per heavy atom. The Hall–Kier alpha value is -2.31. The SMILES string of the molecule is CCNC(=NCc1ccc(OC2CCCC2)nc1)NCC(=O)N(C)C. The molecule has 1 aromatic heterocycles. The van der Waals surface area contributed by atoms with E-state index in [2.05, 4.69) is 20.6 Å². The summed E-state index contributed by atoms with van der Waals surface area (Å²) in [6, 6.07) is 3.88. The predicted octanol–water partition coefficient (Wildman–Crippen LogP) is 1.55. The van der Waals surface area contributed by atoms with E-state index in [1.165, 1.54) is 12.8 Å². The van der Waals surface area contributed by atoms with E-state index in [0.717, 1.165) is 24.9 Å². The first-order valence-electron chi connectivity index (χ1n) is 8.92. The third-order valence-electron chi connectivity index (χ3n) is 4.06. The summed E-state index contributed by atoms with van der Waals surface area (Å²) in [7, 11) is 3.46. The minimum atomic E-state index is 0.000633. The van der Waals surface area contributed by atoms with Crippen LogP contribution in [0, 0.1) is 0 Å². The second-order valence-corrected chi connectivity index (χ2v) is 6.37. The number of aliphatic imine (C=N–C) groups is 1. The number of likely N-dealkylation sites (N-methyl/N-ethyl adjacent to an activating group) is 1. The molecule has 0 saturated heterocycles. The zero-order chi connectivity index (χ0) is 18.1. The lowest BCUT2D eigenvalue weighted by Crippen LogP contribution is -2.42. The predicted molar refractivity (Wildman–Crippen MR) is 98.6 cm³/mol. The van der Waals surface area contributed by atoms with Gasteiger partial charge in [-0.2, -0.15) is 0 Å². The van der Waals surface area contributed by atoms with Crippen molar-refractivity contribution in [2.24, 2.45) is 4.99 Å². The number of pyridine rings is 1. The molecule has 0 atom stereocenters. The van der Waals surface area contributed by atoms with Gasteiger partial charge in [-0.15, -0.1) is 0 Å². The van der Waals surface area contributed by atoms with Crippen LogP contribution in [-0.2, 0) is 11.3 Å². The highest BCUT2D eigenvalue weighted by Crippen LogP contribution is 2.22. The second-order valence-electron chi connectivity index (χ2n) is 6.37. The van der Waals surface area contributed by atoms with Crippen LogP contribution in [0.3, 0.4) is 0 Å². The Kier molecular flexibility index (Phi) is 7.50. The largest absolute Gasteiger partial charge is 0.474 e. The van der Waals surface area contributed by atoms with Crippen molar-refractivity contribution in [2.75, 3.05) is 27.2 Å². The highest BCUT2D eigenvalue weighted by Gasteiger charge is 2.16. The average molecular weight is 347 g/mol. The number of nitrogens with zero attached hydrogens (tertiary/aromatic N) is 3. The summed E-state index contributed by atoms with van der Waals surface area (Å²) in [4.78, 5) is 22.1. The Balaban J connectivity index is 1.86. The number of hydrogen-bond donors (Lipinski definition) is 2. The molecule has 0 radical (unpaired) electrons. The number of guanidine groups is 1. The maximum absolute atomic E-state index is 11.7. The fourth-order valence-electron chi connectivity index (χ4n) is 2.58. The van der Waals surface area contributed by atoms with Crippen molar-refractivity contribution in [1.82, 2.24) is 20.5 Å². The molecule has 1 aliphatic carbocycles. The maximum atomic E-state index is 11.7. The molecule has 7 heteroatoms. The van der Waals surface area contributed by atoms with Crippen LogP contribution in [-0.4, -0.2) is 55.0 Å². The van der Waals surface area contributed by atoms with Crippen LogP contribution in [0.15, 0.2) is 23.3 Å². The normalized spacial score (nSPS) is 15.1. The van der Waals surface area contributed by atoms with E-state index in [0.29, 0.717) is 24.5 Å². The van der Waals surface area contributed by atoms with Crippen molar-refractivity contribution in [3.8, 4) is 5.88 Å². The molecular formula is C18H29N5O2. The summed E-state index contributed by atoms with van der Waals surface area (Å²) in [5.74, 6) is 1.30. The smallest absolute Gasteiger partial charge is 0.241 e. The number of carbonyl (C=O) groups excluding carboxylic acids is 1. The van der Waals surface area contributed by atoms with Crippen molar-refractivity contribution >= 4 is 11.9 Å². The zero-order valence-corrected chi connectivity index (χ0v) is 15.4. The monoisotopic (exact) mass is 347 g/mol. The number of ether oxygens (including phenoxy) is 1. The van der Waals surface area contributed by atoms with Crippen LogP contribution < -0.4 is 15.4 Å². The molecule has 1 amide bonds. The van der Waals surface area contributed by atoms with Gasteiger partial charge in [-0.1, -0.05) is 6.07 Å². The van der Waals surface area contributed by atoms with Gasteiger partial charge in [0.1, 0.15) is 6.10 Å². The van der Waals surface area contributed by atoms with Gasteiger partial charge < -0.3 is 20.3 Å². The summed E-state index contributed by atoms with van der Waals surface area (Å²) in [5.41, 5.74) is 0.995. The average Bonchev–Trinajstić information content (AvgIpc) is 3.11. The van der Waals surface area contributed by atoms with Crippen LogP contribution in [0.25, 0.3) is 0 Å². The summed E-state index contributed by atoms with van der Waals surface area (Å²) in [5, 5.41) is 6.16. The van der Waals surface area contributed by atoms with Gasteiger partial charge in [-0.3, -0.25) is 4.79 Å². The summed E-state index contributed by atoms with van der Waals surface area (Å²) >= 11 is 0. The Bertz CT molecular complexity index is 565. The molecule has 25 heavy (non-hydrogen) atoms. The Morgan fingerprint density at radius 2 is 2.08 bits per heavy atom. The number of hydrogen-bond acceptors (Lipinski definition) is 4. The second kappa shape index (κ2) is 9.86. The van der Waals surface area contributed by atoms with Crippen molar-refractivity contribution in [1.29, 1.82) is 0 Å². The van der Waals surface area contributed by atoms with Gasteiger partial charge >= 0.3 is 0 Å². The molecule has 1 aromatic rings. The number of amides is 1. The minimum Gasteiger partial charge on any atom is -0.474 e.